The molecule has 0 saturated carbocycles. The Morgan fingerprint density at radius 2 is 1.71 bits per heavy atom. The normalized spacial score (nSPS) is 11.7. The summed E-state index contributed by atoms with van der Waals surface area (Å²) in [5.74, 6) is 0. The number of halogens is 1. The van der Waals surface area contributed by atoms with Gasteiger partial charge in [0.2, 0.25) is 0 Å². The Labute approximate surface area is 93.0 Å². The van der Waals surface area contributed by atoms with Crippen molar-refractivity contribution in [2.75, 3.05) is 0 Å². The summed E-state index contributed by atoms with van der Waals surface area (Å²) in [6, 6.07) is 9.86. The zero-order valence-corrected chi connectivity index (χ0v) is 11.1. The highest BCUT2D eigenvalue weighted by Crippen LogP contribution is 2.19. The second-order valence-corrected chi connectivity index (χ2v) is 11.3. The van der Waals surface area contributed by atoms with Crippen LogP contribution in [0.25, 0.3) is 0 Å². The minimum atomic E-state index is -1.40. The summed E-state index contributed by atoms with van der Waals surface area (Å²) in [4.78, 5) is 0. The smallest absolute Gasteiger partial charge is 0.150 e. The lowest BCUT2D eigenvalue weighted by Crippen LogP contribution is -2.16. The molecule has 1 aromatic rings. The van der Waals surface area contributed by atoms with Crippen molar-refractivity contribution in [3.8, 4) is 0 Å². The van der Waals surface area contributed by atoms with E-state index < -0.39 is 7.38 Å². The van der Waals surface area contributed by atoms with Crippen LogP contribution in [0.2, 0.25) is 19.1 Å². The molecule has 0 aliphatic carbocycles. The molecule has 1 rings (SSSR count). The molecule has 0 aromatic heterocycles. The molecule has 0 aliphatic rings. The molecular weight excluding hydrogens is 208 g/mol. The quantitative estimate of drug-likeness (QED) is 0.532. The van der Waals surface area contributed by atoms with Gasteiger partial charge in [0.15, 0.2) is 7.38 Å². The fraction of sp³-hybridized carbons (Fsp3) is 0.500. The number of hydrogen-bond acceptors (Lipinski definition) is 0. The zero-order chi connectivity index (χ0) is 10.6. The van der Waals surface area contributed by atoms with Crippen molar-refractivity contribution in [1.82, 2.24) is 0 Å². The first-order valence-electron chi connectivity index (χ1n) is 5.28. The van der Waals surface area contributed by atoms with Crippen LogP contribution in [0, 0.1) is 0 Å². The molecule has 0 spiro atoms. The Hall–Kier alpha value is -0.273. The molecule has 0 amide bonds. The molecule has 1 aromatic carbocycles. The first-order chi connectivity index (χ1) is 6.53. The van der Waals surface area contributed by atoms with Crippen molar-refractivity contribution in [3.05, 3.63) is 35.4 Å². The number of aryl methyl sites for hydroxylation is 2. The second kappa shape index (κ2) is 4.99. The summed E-state index contributed by atoms with van der Waals surface area (Å²) in [6.07, 6.45) is 2.27. The summed E-state index contributed by atoms with van der Waals surface area (Å²) < 4.78 is 0. The van der Waals surface area contributed by atoms with Gasteiger partial charge in [0.1, 0.15) is 0 Å². The summed E-state index contributed by atoms with van der Waals surface area (Å²) in [7, 11) is -1.40. The highest BCUT2D eigenvalue weighted by Gasteiger charge is 2.16. The van der Waals surface area contributed by atoms with Crippen LogP contribution in [0.5, 0.6) is 0 Å². The van der Waals surface area contributed by atoms with Crippen LogP contribution in [0.3, 0.4) is 0 Å². The monoisotopic (exact) mass is 226 g/mol. The third-order valence-corrected chi connectivity index (χ3v) is 4.49. The summed E-state index contributed by atoms with van der Waals surface area (Å²) in [6.45, 7) is 6.63. The van der Waals surface area contributed by atoms with E-state index in [0.29, 0.717) is 0 Å². The molecule has 78 valence electrons. The molecule has 0 saturated heterocycles. The topological polar surface area (TPSA) is 0 Å². The molecule has 0 unspecified atom stereocenters. The standard InChI is InChI=1S/C12H19ClSi/c1-4-11-7-5-6-8-12(11)9-10-14(2,3)13/h5-8H,4,9-10H2,1-3H3. The van der Waals surface area contributed by atoms with E-state index in [4.69, 9.17) is 11.1 Å². The molecule has 0 nitrogen and oxygen atoms in total. The van der Waals surface area contributed by atoms with E-state index in [1.54, 1.807) is 0 Å². The van der Waals surface area contributed by atoms with E-state index in [9.17, 15) is 0 Å². The van der Waals surface area contributed by atoms with Gasteiger partial charge in [-0.05, 0) is 30.0 Å². The van der Waals surface area contributed by atoms with Crippen LogP contribution < -0.4 is 0 Å². The molecule has 2 heteroatoms. The third-order valence-electron chi connectivity index (χ3n) is 2.49. The summed E-state index contributed by atoms with van der Waals surface area (Å²) in [5, 5.41) is 0. The van der Waals surface area contributed by atoms with Crippen LogP contribution in [0.1, 0.15) is 18.1 Å². The van der Waals surface area contributed by atoms with Gasteiger partial charge in [0.25, 0.3) is 0 Å². The van der Waals surface area contributed by atoms with Gasteiger partial charge in [-0.1, -0.05) is 44.3 Å². The summed E-state index contributed by atoms with van der Waals surface area (Å²) >= 11 is 6.32. The van der Waals surface area contributed by atoms with E-state index >= 15 is 0 Å². The molecular formula is C12H19ClSi. The van der Waals surface area contributed by atoms with Crippen LogP contribution >= 0.6 is 11.1 Å². The maximum atomic E-state index is 6.32. The Bertz CT molecular complexity index is 289. The third kappa shape index (κ3) is 3.85. The fourth-order valence-corrected chi connectivity index (χ4v) is 2.73. The number of benzene rings is 1. The Morgan fingerprint density at radius 3 is 2.21 bits per heavy atom. The zero-order valence-electron chi connectivity index (χ0n) is 9.31. The average Bonchev–Trinajstić information content (AvgIpc) is 2.14. The predicted molar refractivity (Wildman–Crippen MR) is 67.7 cm³/mol. The fourth-order valence-electron chi connectivity index (χ4n) is 1.58. The molecule has 0 N–H and O–H groups in total. The van der Waals surface area contributed by atoms with Gasteiger partial charge in [-0.25, -0.2) is 0 Å². The van der Waals surface area contributed by atoms with Crippen molar-refractivity contribution >= 4 is 18.5 Å². The lowest BCUT2D eigenvalue weighted by Gasteiger charge is -2.14. The van der Waals surface area contributed by atoms with Gasteiger partial charge < -0.3 is 0 Å². The van der Waals surface area contributed by atoms with Crippen LogP contribution in [0.15, 0.2) is 24.3 Å². The molecule has 14 heavy (non-hydrogen) atoms. The Morgan fingerprint density at radius 1 is 1.14 bits per heavy atom. The van der Waals surface area contributed by atoms with Gasteiger partial charge >= 0.3 is 0 Å². The van der Waals surface area contributed by atoms with Gasteiger partial charge in [0, 0.05) is 0 Å². The largest absolute Gasteiger partial charge is 0.168 e. The maximum Gasteiger partial charge on any atom is 0.150 e. The van der Waals surface area contributed by atoms with Crippen LogP contribution in [-0.2, 0) is 12.8 Å². The molecule has 0 bridgehead atoms. The van der Waals surface area contributed by atoms with Crippen molar-refractivity contribution in [3.63, 3.8) is 0 Å². The Balaban J connectivity index is 2.67. The summed E-state index contributed by atoms with van der Waals surface area (Å²) in [5.41, 5.74) is 2.96. The molecule has 0 fully saturated rings. The first kappa shape index (κ1) is 11.8. The van der Waals surface area contributed by atoms with Crippen molar-refractivity contribution in [2.45, 2.75) is 38.9 Å². The van der Waals surface area contributed by atoms with Crippen molar-refractivity contribution in [2.24, 2.45) is 0 Å². The van der Waals surface area contributed by atoms with Crippen LogP contribution in [-0.4, -0.2) is 7.38 Å². The molecule has 0 heterocycles. The Kier molecular flexibility index (Phi) is 4.21. The number of hydrogen-bond donors (Lipinski definition) is 0. The predicted octanol–water partition coefficient (Wildman–Crippen LogP) is 4.24. The van der Waals surface area contributed by atoms with E-state index in [2.05, 4.69) is 44.3 Å². The highest BCUT2D eigenvalue weighted by molar-refractivity contribution is 7.19. The maximum absolute atomic E-state index is 6.32. The number of rotatable bonds is 4. The van der Waals surface area contributed by atoms with E-state index in [1.807, 2.05) is 0 Å². The van der Waals surface area contributed by atoms with E-state index in [1.165, 1.54) is 17.2 Å². The van der Waals surface area contributed by atoms with Gasteiger partial charge in [-0.2, -0.15) is 11.1 Å². The molecule has 0 atom stereocenters. The second-order valence-electron chi connectivity index (χ2n) is 4.34. The minimum absolute atomic E-state index is 1.13. The van der Waals surface area contributed by atoms with Crippen LogP contribution in [0.4, 0.5) is 0 Å². The first-order valence-corrected chi connectivity index (χ1v) is 9.50. The molecule has 0 radical (unpaired) electrons. The van der Waals surface area contributed by atoms with Gasteiger partial charge in [-0.15, -0.1) is 0 Å². The average molecular weight is 227 g/mol. The lowest BCUT2D eigenvalue weighted by molar-refractivity contribution is 1.02. The van der Waals surface area contributed by atoms with Crippen molar-refractivity contribution < 1.29 is 0 Å². The SMILES string of the molecule is CCc1ccccc1CC[Si](C)(C)Cl. The van der Waals surface area contributed by atoms with E-state index in [-0.39, 0.29) is 0 Å². The molecule has 0 aliphatic heterocycles. The highest BCUT2D eigenvalue weighted by atomic mass is 35.6. The van der Waals surface area contributed by atoms with Crippen molar-refractivity contribution in [1.29, 1.82) is 0 Å². The van der Waals surface area contributed by atoms with Gasteiger partial charge in [0.05, 0.1) is 0 Å². The lowest BCUT2D eigenvalue weighted by atomic mass is 10.0. The minimum Gasteiger partial charge on any atom is -0.168 e. The van der Waals surface area contributed by atoms with Gasteiger partial charge in [-0.3, -0.25) is 0 Å². The van der Waals surface area contributed by atoms with E-state index in [0.717, 1.165) is 12.8 Å².